The Hall–Kier alpha value is -1.97. The molecule has 1 fully saturated rings. The van der Waals surface area contributed by atoms with Crippen molar-refractivity contribution in [1.82, 2.24) is 10.6 Å². The molecule has 0 saturated heterocycles. The molecule has 30 heavy (non-hydrogen) atoms. The van der Waals surface area contributed by atoms with Gasteiger partial charge < -0.3 is 20.1 Å². The quantitative estimate of drug-likeness (QED) is 0.600. The summed E-state index contributed by atoms with van der Waals surface area (Å²) in [6.07, 6.45) is -2.92. The molecule has 0 spiro atoms. The van der Waals surface area contributed by atoms with Gasteiger partial charge in [-0.05, 0) is 58.6 Å². The maximum atomic E-state index is 12.6. The molecule has 0 atom stereocenters. The summed E-state index contributed by atoms with van der Waals surface area (Å²) in [6.45, 7) is 5.27. The molecule has 1 aliphatic carbocycles. The zero-order valence-corrected chi connectivity index (χ0v) is 18.7. The predicted molar refractivity (Wildman–Crippen MR) is 108 cm³/mol. The van der Waals surface area contributed by atoms with Gasteiger partial charge in [0.2, 0.25) is 5.91 Å². The second kappa shape index (κ2) is 9.89. The van der Waals surface area contributed by atoms with E-state index in [1.807, 2.05) is 0 Å². The van der Waals surface area contributed by atoms with E-state index in [9.17, 15) is 22.8 Å². The Morgan fingerprint density at radius 3 is 2.33 bits per heavy atom. The number of ether oxygens (including phenoxy) is 2. The van der Waals surface area contributed by atoms with Crippen molar-refractivity contribution in [2.75, 3.05) is 0 Å². The first kappa shape index (κ1) is 24.3. The van der Waals surface area contributed by atoms with Gasteiger partial charge in [0, 0.05) is 28.5 Å². The third kappa shape index (κ3) is 8.41. The zero-order valence-electron chi connectivity index (χ0n) is 17.1. The maximum absolute atomic E-state index is 12.6. The van der Waals surface area contributed by atoms with Crippen LogP contribution in [0.1, 0.15) is 52.0 Å². The number of alkyl carbamates (subject to hydrolysis) is 1. The number of hydrogen-bond acceptors (Lipinski definition) is 4. The molecule has 168 valence electrons. The highest BCUT2D eigenvalue weighted by molar-refractivity contribution is 9.10. The average molecular weight is 495 g/mol. The van der Waals surface area contributed by atoms with Crippen LogP contribution in [0.4, 0.5) is 18.0 Å². The molecule has 0 radical (unpaired) electrons. The van der Waals surface area contributed by atoms with Crippen molar-refractivity contribution < 1.29 is 32.2 Å². The first-order valence-electron chi connectivity index (χ1n) is 9.64. The molecular formula is C20H26BrF3N2O4. The molecule has 1 saturated carbocycles. The summed E-state index contributed by atoms with van der Waals surface area (Å²) < 4.78 is 47.5. The van der Waals surface area contributed by atoms with Crippen molar-refractivity contribution in [3.05, 3.63) is 28.2 Å². The summed E-state index contributed by atoms with van der Waals surface area (Å²) in [5.74, 6) is -0.849. The SMILES string of the molecule is CC(C)(C)OC(=O)NC1CCC(C(=O)NCc2ccc(Br)cc2OC(F)(F)F)CC1. The molecule has 0 aliphatic heterocycles. The first-order chi connectivity index (χ1) is 13.8. The van der Waals surface area contributed by atoms with Gasteiger partial charge in [-0.25, -0.2) is 4.79 Å². The van der Waals surface area contributed by atoms with Crippen LogP contribution in [0.5, 0.6) is 5.75 Å². The molecule has 1 aromatic carbocycles. The van der Waals surface area contributed by atoms with Gasteiger partial charge >= 0.3 is 12.5 Å². The standard InChI is InChI=1S/C20H26BrF3N2O4/c1-19(2,3)30-18(28)26-15-8-5-12(6-9-15)17(27)25-11-13-4-7-14(21)10-16(13)29-20(22,23)24/h4,7,10,12,15H,5-6,8-9,11H2,1-3H3,(H,25,27)(H,26,28). The van der Waals surface area contributed by atoms with Crippen LogP contribution >= 0.6 is 15.9 Å². The molecule has 1 aliphatic rings. The molecule has 2 N–H and O–H groups in total. The number of carbonyl (C=O) groups is 2. The second-order valence-electron chi connectivity index (χ2n) is 8.21. The summed E-state index contributed by atoms with van der Waals surface area (Å²) in [5.41, 5.74) is -0.354. The smallest absolute Gasteiger partial charge is 0.444 e. The normalized spacial score (nSPS) is 19.7. The molecule has 0 heterocycles. The van der Waals surface area contributed by atoms with Crippen LogP contribution in [0, 0.1) is 5.92 Å². The Bertz CT molecular complexity index is 757. The van der Waals surface area contributed by atoms with E-state index in [2.05, 4.69) is 31.3 Å². The van der Waals surface area contributed by atoms with E-state index in [0.717, 1.165) is 0 Å². The van der Waals surface area contributed by atoms with E-state index in [-0.39, 0.29) is 35.7 Å². The summed E-state index contributed by atoms with van der Waals surface area (Å²) in [6, 6.07) is 4.19. The van der Waals surface area contributed by atoms with Crippen molar-refractivity contribution in [2.24, 2.45) is 5.92 Å². The Kier molecular flexibility index (Phi) is 8.01. The lowest BCUT2D eigenvalue weighted by atomic mass is 9.85. The number of rotatable bonds is 5. The topological polar surface area (TPSA) is 76.7 Å². The van der Waals surface area contributed by atoms with Gasteiger partial charge in [-0.1, -0.05) is 22.0 Å². The lowest BCUT2D eigenvalue weighted by Crippen LogP contribution is -2.42. The Morgan fingerprint density at radius 1 is 1.13 bits per heavy atom. The van der Waals surface area contributed by atoms with Crippen molar-refractivity contribution >= 4 is 27.9 Å². The van der Waals surface area contributed by atoms with Crippen molar-refractivity contribution in [2.45, 2.75) is 71.0 Å². The minimum atomic E-state index is -4.82. The Morgan fingerprint density at radius 2 is 1.77 bits per heavy atom. The van der Waals surface area contributed by atoms with Crippen LogP contribution in [-0.2, 0) is 16.1 Å². The third-order valence-corrected chi connectivity index (χ3v) is 5.02. The van der Waals surface area contributed by atoms with Crippen molar-refractivity contribution in [1.29, 1.82) is 0 Å². The van der Waals surface area contributed by atoms with E-state index < -0.39 is 18.1 Å². The van der Waals surface area contributed by atoms with Gasteiger partial charge in [0.25, 0.3) is 0 Å². The lowest BCUT2D eigenvalue weighted by Gasteiger charge is -2.29. The van der Waals surface area contributed by atoms with Gasteiger partial charge in [-0.15, -0.1) is 13.2 Å². The number of hydrogen-bond donors (Lipinski definition) is 2. The summed E-state index contributed by atoms with van der Waals surface area (Å²) >= 11 is 3.11. The molecule has 0 bridgehead atoms. The van der Waals surface area contributed by atoms with Crippen molar-refractivity contribution in [3.8, 4) is 5.75 Å². The fraction of sp³-hybridized carbons (Fsp3) is 0.600. The van der Waals surface area contributed by atoms with Gasteiger partial charge in [-0.2, -0.15) is 0 Å². The van der Waals surface area contributed by atoms with E-state index in [1.165, 1.54) is 12.1 Å². The highest BCUT2D eigenvalue weighted by Gasteiger charge is 2.32. The molecule has 6 nitrogen and oxygen atoms in total. The second-order valence-corrected chi connectivity index (χ2v) is 9.13. The fourth-order valence-electron chi connectivity index (χ4n) is 3.19. The number of amides is 2. The zero-order chi connectivity index (χ0) is 22.5. The van der Waals surface area contributed by atoms with Gasteiger partial charge in [-0.3, -0.25) is 4.79 Å². The molecule has 0 aromatic heterocycles. The van der Waals surface area contributed by atoms with Crippen molar-refractivity contribution in [3.63, 3.8) is 0 Å². The Labute approximate surface area is 182 Å². The van der Waals surface area contributed by atoms with Gasteiger partial charge in [0.05, 0.1) is 0 Å². The van der Waals surface area contributed by atoms with Crippen LogP contribution < -0.4 is 15.4 Å². The number of benzene rings is 1. The lowest BCUT2D eigenvalue weighted by molar-refractivity contribution is -0.274. The molecule has 10 heteroatoms. The number of halogens is 4. The molecule has 2 amide bonds. The molecular weight excluding hydrogens is 469 g/mol. The predicted octanol–water partition coefficient (Wildman–Crippen LogP) is 5.05. The number of alkyl halides is 3. The Balaban J connectivity index is 1.84. The average Bonchev–Trinajstić information content (AvgIpc) is 2.58. The molecule has 0 unspecified atom stereocenters. The third-order valence-electron chi connectivity index (χ3n) is 4.53. The van der Waals surface area contributed by atoms with Crippen LogP contribution in [0.15, 0.2) is 22.7 Å². The van der Waals surface area contributed by atoms with Crippen LogP contribution in [-0.4, -0.2) is 30.0 Å². The van der Waals surface area contributed by atoms with E-state index >= 15 is 0 Å². The highest BCUT2D eigenvalue weighted by atomic mass is 79.9. The summed E-state index contributed by atoms with van der Waals surface area (Å²) in [4.78, 5) is 24.3. The van der Waals surface area contributed by atoms with Crippen LogP contribution in [0.2, 0.25) is 0 Å². The van der Waals surface area contributed by atoms with E-state index in [4.69, 9.17) is 4.74 Å². The van der Waals surface area contributed by atoms with E-state index in [1.54, 1.807) is 26.8 Å². The number of nitrogens with one attached hydrogen (secondary N) is 2. The minimum Gasteiger partial charge on any atom is -0.444 e. The molecule has 2 rings (SSSR count). The molecule has 1 aromatic rings. The highest BCUT2D eigenvalue weighted by Crippen LogP contribution is 2.30. The summed E-state index contributed by atoms with van der Waals surface area (Å²) in [7, 11) is 0. The minimum absolute atomic E-state index is 0.0674. The monoisotopic (exact) mass is 494 g/mol. The number of carbonyl (C=O) groups excluding carboxylic acids is 2. The van der Waals surface area contributed by atoms with Crippen LogP contribution in [0.3, 0.4) is 0 Å². The maximum Gasteiger partial charge on any atom is 0.573 e. The first-order valence-corrected chi connectivity index (χ1v) is 10.4. The van der Waals surface area contributed by atoms with E-state index in [0.29, 0.717) is 30.2 Å². The van der Waals surface area contributed by atoms with Gasteiger partial charge in [0.1, 0.15) is 11.4 Å². The fourth-order valence-corrected chi connectivity index (χ4v) is 3.54. The largest absolute Gasteiger partial charge is 0.573 e. The summed E-state index contributed by atoms with van der Waals surface area (Å²) in [5, 5.41) is 5.49. The van der Waals surface area contributed by atoms with Crippen LogP contribution in [0.25, 0.3) is 0 Å². The van der Waals surface area contributed by atoms with Gasteiger partial charge in [0.15, 0.2) is 0 Å².